The van der Waals surface area contributed by atoms with Crippen LogP contribution in [0.3, 0.4) is 0 Å². The number of rotatable bonds is 4. The highest BCUT2D eigenvalue weighted by Gasteiger charge is 2.19. The third-order valence-electron chi connectivity index (χ3n) is 3.55. The van der Waals surface area contributed by atoms with Gasteiger partial charge < -0.3 is 9.47 Å². The highest BCUT2D eigenvalue weighted by molar-refractivity contribution is 5.93. The summed E-state index contributed by atoms with van der Waals surface area (Å²) in [7, 11) is 0. The molecule has 0 radical (unpaired) electrons. The summed E-state index contributed by atoms with van der Waals surface area (Å²) in [6.07, 6.45) is 3.58. The van der Waals surface area contributed by atoms with E-state index in [0.717, 1.165) is 5.56 Å². The second-order valence-electron chi connectivity index (χ2n) is 5.60. The van der Waals surface area contributed by atoms with E-state index in [4.69, 9.17) is 9.47 Å². The van der Waals surface area contributed by atoms with E-state index in [1.54, 1.807) is 24.3 Å². The lowest BCUT2D eigenvalue weighted by Crippen LogP contribution is -2.09. The molecule has 3 rings (SSSR count). The number of para-hydroxylation sites is 1. The molecule has 0 saturated heterocycles. The van der Waals surface area contributed by atoms with E-state index in [0.29, 0.717) is 16.6 Å². The molecule has 3 aromatic rings. The van der Waals surface area contributed by atoms with Gasteiger partial charge in [-0.05, 0) is 23.8 Å². The zero-order valence-corrected chi connectivity index (χ0v) is 14.4. The molecule has 0 saturated carbocycles. The lowest BCUT2D eigenvalue weighted by atomic mass is 10.1. The van der Waals surface area contributed by atoms with Gasteiger partial charge in [-0.15, -0.1) is 0 Å². The first-order valence-corrected chi connectivity index (χ1v) is 8.07. The predicted octanol–water partition coefficient (Wildman–Crippen LogP) is 4.26. The SMILES string of the molecule is CC(=O)Oc1c(C=Cc2ccccc2)nc2ccccc2c1OC(C)=O. The first-order chi connectivity index (χ1) is 12.5. The van der Waals surface area contributed by atoms with Gasteiger partial charge in [0, 0.05) is 19.2 Å². The van der Waals surface area contributed by atoms with Crippen LogP contribution in [0.4, 0.5) is 0 Å². The topological polar surface area (TPSA) is 65.5 Å². The highest BCUT2D eigenvalue weighted by atomic mass is 16.6. The Labute approximate surface area is 150 Å². The minimum atomic E-state index is -0.523. The first kappa shape index (κ1) is 17.4. The molecule has 0 amide bonds. The molecule has 0 unspecified atom stereocenters. The number of hydrogen-bond donors (Lipinski definition) is 0. The quantitative estimate of drug-likeness (QED) is 0.660. The van der Waals surface area contributed by atoms with Gasteiger partial charge >= 0.3 is 11.9 Å². The molecule has 0 aliphatic heterocycles. The molecule has 130 valence electrons. The van der Waals surface area contributed by atoms with Gasteiger partial charge in [-0.25, -0.2) is 4.98 Å². The van der Waals surface area contributed by atoms with Crippen LogP contribution in [0.1, 0.15) is 25.1 Å². The average Bonchev–Trinajstić information content (AvgIpc) is 2.62. The van der Waals surface area contributed by atoms with Crippen molar-refractivity contribution in [2.45, 2.75) is 13.8 Å². The van der Waals surface area contributed by atoms with Gasteiger partial charge in [-0.2, -0.15) is 0 Å². The molecule has 1 heterocycles. The number of pyridine rings is 1. The van der Waals surface area contributed by atoms with Crippen molar-refractivity contribution in [2.75, 3.05) is 0 Å². The summed E-state index contributed by atoms with van der Waals surface area (Å²) in [5.41, 5.74) is 2.00. The van der Waals surface area contributed by atoms with Crippen molar-refractivity contribution >= 4 is 35.0 Å². The van der Waals surface area contributed by atoms with E-state index in [-0.39, 0.29) is 11.5 Å². The standard InChI is InChI=1S/C21H17NO4/c1-14(23)25-20-17-10-6-7-11-18(17)22-19(21(20)26-15(2)24)13-12-16-8-4-3-5-9-16/h3-13H,1-2H3. The molecule has 0 fully saturated rings. The Morgan fingerprint density at radius 1 is 0.808 bits per heavy atom. The summed E-state index contributed by atoms with van der Waals surface area (Å²) in [4.78, 5) is 27.7. The lowest BCUT2D eigenvalue weighted by Gasteiger charge is -2.14. The molecule has 2 aromatic carbocycles. The van der Waals surface area contributed by atoms with Gasteiger partial charge in [0.05, 0.1) is 5.52 Å². The number of benzene rings is 2. The van der Waals surface area contributed by atoms with Gasteiger partial charge in [0.25, 0.3) is 0 Å². The Morgan fingerprint density at radius 3 is 2.12 bits per heavy atom. The van der Waals surface area contributed by atoms with Gasteiger partial charge in [-0.1, -0.05) is 48.5 Å². The number of hydrogen-bond acceptors (Lipinski definition) is 5. The van der Waals surface area contributed by atoms with Crippen LogP contribution in [0.15, 0.2) is 54.6 Å². The summed E-state index contributed by atoms with van der Waals surface area (Å²) in [5.74, 6) is -0.720. The largest absolute Gasteiger partial charge is 0.422 e. The maximum Gasteiger partial charge on any atom is 0.308 e. The molecule has 0 aliphatic carbocycles. The number of fused-ring (bicyclic) bond motifs is 1. The van der Waals surface area contributed by atoms with Crippen LogP contribution in [0.25, 0.3) is 23.1 Å². The molecule has 1 aromatic heterocycles. The number of esters is 2. The first-order valence-electron chi connectivity index (χ1n) is 8.07. The van der Waals surface area contributed by atoms with Crippen LogP contribution in [-0.2, 0) is 9.59 Å². The van der Waals surface area contributed by atoms with E-state index < -0.39 is 11.9 Å². The van der Waals surface area contributed by atoms with Crippen molar-refractivity contribution in [1.82, 2.24) is 4.98 Å². The Bertz CT molecular complexity index is 994. The summed E-state index contributed by atoms with van der Waals surface area (Å²) in [6.45, 7) is 2.59. The van der Waals surface area contributed by atoms with Crippen LogP contribution in [0.2, 0.25) is 0 Å². The van der Waals surface area contributed by atoms with Crippen LogP contribution in [0, 0.1) is 0 Å². The van der Waals surface area contributed by atoms with Crippen molar-refractivity contribution in [3.8, 4) is 11.5 Å². The lowest BCUT2D eigenvalue weighted by molar-refractivity contribution is -0.134. The van der Waals surface area contributed by atoms with Crippen molar-refractivity contribution in [3.63, 3.8) is 0 Å². The average molecular weight is 347 g/mol. The molecule has 26 heavy (non-hydrogen) atoms. The Kier molecular flexibility index (Phi) is 5.08. The number of ether oxygens (including phenoxy) is 2. The third kappa shape index (κ3) is 3.95. The fourth-order valence-electron chi connectivity index (χ4n) is 2.52. The molecule has 0 spiro atoms. The molecular formula is C21H17NO4. The monoisotopic (exact) mass is 347 g/mol. The number of carbonyl (C=O) groups excluding carboxylic acids is 2. The number of aromatic nitrogens is 1. The molecule has 0 N–H and O–H groups in total. The normalized spacial score (nSPS) is 10.8. The Balaban J connectivity index is 2.20. The molecule has 0 aliphatic rings. The zero-order valence-electron chi connectivity index (χ0n) is 14.4. The van der Waals surface area contributed by atoms with Gasteiger partial charge in [0.2, 0.25) is 0 Å². The Morgan fingerprint density at radius 2 is 1.42 bits per heavy atom. The van der Waals surface area contributed by atoms with Gasteiger partial charge in [0.1, 0.15) is 5.69 Å². The van der Waals surface area contributed by atoms with E-state index in [9.17, 15) is 9.59 Å². The second kappa shape index (κ2) is 7.61. The molecule has 0 atom stereocenters. The van der Waals surface area contributed by atoms with Gasteiger partial charge in [0.15, 0.2) is 11.5 Å². The smallest absolute Gasteiger partial charge is 0.308 e. The summed E-state index contributed by atoms with van der Waals surface area (Å²) in [6, 6.07) is 16.9. The van der Waals surface area contributed by atoms with Crippen molar-refractivity contribution < 1.29 is 19.1 Å². The van der Waals surface area contributed by atoms with E-state index in [1.807, 2.05) is 42.5 Å². The van der Waals surface area contributed by atoms with Crippen LogP contribution in [0.5, 0.6) is 11.5 Å². The van der Waals surface area contributed by atoms with Crippen molar-refractivity contribution in [1.29, 1.82) is 0 Å². The minimum absolute atomic E-state index is 0.124. The molecule has 5 heteroatoms. The maximum atomic E-state index is 11.6. The van der Waals surface area contributed by atoms with Gasteiger partial charge in [-0.3, -0.25) is 9.59 Å². The van der Waals surface area contributed by atoms with Crippen LogP contribution in [-0.4, -0.2) is 16.9 Å². The second-order valence-corrected chi connectivity index (χ2v) is 5.60. The molecule has 5 nitrogen and oxygen atoms in total. The van der Waals surface area contributed by atoms with Crippen molar-refractivity contribution in [2.24, 2.45) is 0 Å². The van der Waals surface area contributed by atoms with Crippen LogP contribution < -0.4 is 9.47 Å². The molecular weight excluding hydrogens is 330 g/mol. The Hall–Kier alpha value is -3.47. The van der Waals surface area contributed by atoms with E-state index in [2.05, 4.69) is 4.98 Å². The zero-order chi connectivity index (χ0) is 18.5. The third-order valence-corrected chi connectivity index (χ3v) is 3.55. The predicted molar refractivity (Wildman–Crippen MR) is 99.7 cm³/mol. The van der Waals surface area contributed by atoms with Crippen LogP contribution >= 0.6 is 0 Å². The van der Waals surface area contributed by atoms with E-state index in [1.165, 1.54) is 13.8 Å². The number of carbonyl (C=O) groups is 2. The maximum absolute atomic E-state index is 11.6. The summed E-state index contributed by atoms with van der Waals surface area (Å²) < 4.78 is 10.7. The summed E-state index contributed by atoms with van der Waals surface area (Å²) in [5, 5.41) is 0.593. The molecule has 0 bridgehead atoms. The van der Waals surface area contributed by atoms with E-state index >= 15 is 0 Å². The number of nitrogens with zero attached hydrogens (tertiary/aromatic N) is 1. The minimum Gasteiger partial charge on any atom is -0.422 e. The fraction of sp³-hybridized carbons (Fsp3) is 0.0952. The fourth-order valence-corrected chi connectivity index (χ4v) is 2.52. The highest BCUT2D eigenvalue weighted by Crippen LogP contribution is 2.38. The summed E-state index contributed by atoms with van der Waals surface area (Å²) >= 11 is 0. The van der Waals surface area contributed by atoms with Crippen molar-refractivity contribution in [3.05, 3.63) is 65.9 Å².